The van der Waals surface area contributed by atoms with Gasteiger partial charge in [-0.3, -0.25) is 4.90 Å². The van der Waals surface area contributed by atoms with Crippen molar-refractivity contribution >= 4 is 5.95 Å². The second-order valence-electron chi connectivity index (χ2n) is 4.83. The second kappa shape index (κ2) is 6.66. The Morgan fingerprint density at radius 1 is 1.22 bits per heavy atom. The van der Waals surface area contributed by atoms with Crippen molar-refractivity contribution < 1.29 is 0 Å². The molecule has 2 heterocycles. The highest BCUT2D eigenvalue weighted by Crippen LogP contribution is 2.10. The minimum absolute atomic E-state index is 0.348. The third-order valence-electron chi connectivity index (χ3n) is 3.55. The summed E-state index contributed by atoms with van der Waals surface area (Å²) in [4.78, 5) is 13.3. The van der Waals surface area contributed by atoms with Gasteiger partial charge in [0.05, 0.1) is 0 Å². The van der Waals surface area contributed by atoms with Crippen LogP contribution in [-0.4, -0.2) is 53.6 Å². The van der Waals surface area contributed by atoms with E-state index in [9.17, 15) is 0 Å². The highest BCUT2D eigenvalue weighted by Gasteiger charge is 2.18. The molecule has 0 amide bonds. The normalized spacial score (nSPS) is 18.9. The van der Waals surface area contributed by atoms with Crippen LogP contribution in [0.5, 0.6) is 0 Å². The number of piperazine rings is 1. The molecule has 0 radical (unpaired) electrons. The number of hydrogen-bond donors (Lipinski definition) is 1. The standard InChI is InChI=1S/C13H23N5/c1-2-12(14)4-7-17-8-10-18(11-9-17)13-15-5-3-6-16-13/h3,5-6,12H,2,4,7-11,14H2,1H3. The maximum Gasteiger partial charge on any atom is 0.225 e. The van der Waals surface area contributed by atoms with Gasteiger partial charge in [0.1, 0.15) is 0 Å². The Kier molecular flexibility index (Phi) is 4.90. The van der Waals surface area contributed by atoms with Crippen LogP contribution in [0.2, 0.25) is 0 Å². The summed E-state index contributed by atoms with van der Waals surface area (Å²) in [6, 6.07) is 2.20. The number of aromatic nitrogens is 2. The first-order chi connectivity index (χ1) is 8.79. The fourth-order valence-corrected chi connectivity index (χ4v) is 2.18. The first kappa shape index (κ1) is 13.2. The maximum atomic E-state index is 5.95. The monoisotopic (exact) mass is 249 g/mol. The van der Waals surface area contributed by atoms with E-state index < -0.39 is 0 Å². The first-order valence-corrected chi connectivity index (χ1v) is 6.79. The van der Waals surface area contributed by atoms with Crippen molar-refractivity contribution in [3.8, 4) is 0 Å². The summed E-state index contributed by atoms with van der Waals surface area (Å²) in [5.41, 5.74) is 5.95. The summed E-state index contributed by atoms with van der Waals surface area (Å²) >= 11 is 0. The van der Waals surface area contributed by atoms with E-state index in [0.717, 1.165) is 51.5 Å². The van der Waals surface area contributed by atoms with Crippen molar-refractivity contribution in [1.82, 2.24) is 14.9 Å². The molecular weight excluding hydrogens is 226 g/mol. The molecule has 0 saturated carbocycles. The van der Waals surface area contributed by atoms with Gasteiger partial charge in [-0.05, 0) is 25.5 Å². The molecule has 0 aliphatic carbocycles. The molecule has 1 aliphatic rings. The van der Waals surface area contributed by atoms with Crippen molar-refractivity contribution in [3.63, 3.8) is 0 Å². The quantitative estimate of drug-likeness (QED) is 0.833. The van der Waals surface area contributed by atoms with Gasteiger partial charge in [0.25, 0.3) is 0 Å². The summed E-state index contributed by atoms with van der Waals surface area (Å²) in [6.45, 7) is 7.42. The van der Waals surface area contributed by atoms with E-state index >= 15 is 0 Å². The van der Waals surface area contributed by atoms with Gasteiger partial charge < -0.3 is 10.6 Å². The predicted octanol–water partition coefficient (Wildman–Crippen LogP) is 0.726. The van der Waals surface area contributed by atoms with Gasteiger partial charge in [-0.2, -0.15) is 0 Å². The second-order valence-corrected chi connectivity index (χ2v) is 4.83. The average Bonchev–Trinajstić information content (AvgIpc) is 2.46. The number of anilines is 1. The number of nitrogens with two attached hydrogens (primary N) is 1. The Morgan fingerprint density at radius 3 is 2.50 bits per heavy atom. The summed E-state index contributed by atoms with van der Waals surface area (Å²) in [6.07, 6.45) is 5.76. The molecule has 100 valence electrons. The lowest BCUT2D eigenvalue weighted by Crippen LogP contribution is -2.47. The zero-order valence-corrected chi connectivity index (χ0v) is 11.1. The third-order valence-corrected chi connectivity index (χ3v) is 3.55. The Labute approximate surface area is 109 Å². The average molecular weight is 249 g/mol. The summed E-state index contributed by atoms with van der Waals surface area (Å²) in [5.74, 6) is 0.849. The Morgan fingerprint density at radius 2 is 1.89 bits per heavy atom. The van der Waals surface area contributed by atoms with E-state index in [1.54, 1.807) is 12.4 Å². The summed E-state index contributed by atoms with van der Waals surface area (Å²) in [5, 5.41) is 0. The molecule has 1 aromatic heterocycles. The predicted molar refractivity (Wildman–Crippen MR) is 73.6 cm³/mol. The molecule has 0 aromatic carbocycles. The van der Waals surface area contributed by atoms with Crippen LogP contribution < -0.4 is 10.6 Å². The van der Waals surface area contributed by atoms with Gasteiger partial charge in [0.15, 0.2) is 0 Å². The zero-order chi connectivity index (χ0) is 12.8. The van der Waals surface area contributed by atoms with E-state index in [0.29, 0.717) is 6.04 Å². The largest absolute Gasteiger partial charge is 0.338 e. The maximum absolute atomic E-state index is 5.95. The van der Waals surface area contributed by atoms with Crippen LogP contribution in [0, 0.1) is 0 Å². The third kappa shape index (κ3) is 3.65. The van der Waals surface area contributed by atoms with Crippen molar-refractivity contribution in [1.29, 1.82) is 0 Å². The lowest BCUT2D eigenvalue weighted by molar-refractivity contribution is 0.246. The fourth-order valence-electron chi connectivity index (χ4n) is 2.18. The molecule has 1 aliphatic heterocycles. The van der Waals surface area contributed by atoms with Crippen LogP contribution in [0.4, 0.5) is 5.95 Å². The number of rotatable bonds is 5. The van der Waals surface area contributed by atoms with Gasteiger partial charge >= 0.3 is 0 Å². The molecule has 1 aromatic rings. The summed E-state index contributed by atoms with van der Waals surface area (Å²) in [7, 11) is 0. The molecule has 2 rings (SSSR count). The first-order valence-electron chi connectivity index (χ1n) is 6.79. The molecule has 0 bridgehead atoms. The molecule has 2 N–H and O–H groups in total. The molecule has 0 spiro atoms. The van der Waals surface area contributed by atoms with Gasteiger partial charge in [-0.25, -0.2) is 9.97 Å². The van der Waals surface area contributed by atoms with Crippen molar-refractivity contribution in [2.75, 3.05) is 37.6 Å². The van der Waals surface area contributed by atoms with Gasteiger partial charge in [-0.15, -0.1) is 0 Å². The summed E-state index contributed by atoms with van der Waals surface area (Å²) < 4.78 is 0. The van der Waals surface area contributed by atoms with Crippen molar-refractivity contribution in [2.45, 2.75) is 25.8 Å². The molecule has 1 fully saturated rings. The van der Waals surface area contributed by atoms with Crippen LogP contribution in [-0.2, 0) is 0 Å². The Balaban J connectivity index is 1.75. The Bertz CT molecular complexity index is 334. The van der Waals surface area contributed by atoms with Gasteiger partial charge in [0, 0.05) is 44.6 Å². The topological polar surface area (TPSA) is 58.3 Å². The van der Waals surface area contributed by atoms with Gasteiger partial charge in [-0.1, -0.05) is 6.92 Å². The SMILES string of the molecule is CCC(N)CCN1CCN(c2ncccn2)CC1. The van der Waals surface area contributed by atoms with E-state index in [-0.39, 0.29) is 0 Å². The van der Waals surface area contributed by atoms with Crippen LogP contribution >= 0.6 is 0 Å². The molecule has 1 saturated heterocycles. The zero-order valence-electron chi connectivity index (χ0n) is 11.1. The molecule has 1 atom stereocenters. The van der Waals surface area contributed by atoms with E-state index in [1.165, 1.54) is 0 Å². The molecule has 5 nitrogen and oxygen atoms in total. The molecule has 1 unspecified atom stereocenters. The van der Waals surface area contributed by atoms with E-state index in [4.69, 9.17) is 5.73 Å². The Hall–Kier alpha value is -1.20. The highest BCUT2D eigenvalue weighted by molar-refractivity contribution is 5.29. The van der Waals surface area contributed by atoms with Crippen LogP contribution in [0.25, 0.3) is 0 Å². The van der Waals surface area contributed by atoms with E-state index in [1.807, 2.05) is 6.07 Å². The lowest BCUT2D eigenvalue weighted by atomic mass is 10.1. The minimum Gasteiger partial charge on any atom is -0.338 e. The molecule has 18 heavy (non-hydrogen) atoms. The smallest absolute Gasteiger partial charge is 0.225 e. The number of nitrogens with zero attached hydrogens (tertiary/aromatic N) is 4. The highest BCUT2D eigenvalue weighted by atomic mass is 15.3. The van der Waals surface area contributed by atoms with Crippen molar-refractivity contribution in [3.05, 3.63) is 18.5 Å². The molecule has 5 heteroatoms. The van der Waals surface area contributed by atoms with Crippen molar-refractivity contribution in [2.24, 2.45) is 5.73 Å². The lowest BCUT2D eigenvalue weighted by Gasteiger charge is -2.35. The van der Waals surface area contributed by atoms with Gasteiger partial charge in [0.2, 0.25) is 5.95 Å². The number of hydrogen-bond acceptors (Lipinski definition) is 5. The van der Waals surface area contributed by atoms with E-state index in [2.05, 4.69) is 26.7 Å². The van der Waals surface area contributed by atoms with Crippen LogP contribution in [0.3, 0.4) is 0 Å². The molecular formula is C13H23N5. The minimum atomic E-state index is 0.348. The van der Waals surface area contributed by atoms with Crippen LogP contribution in [0.15, 0.2) is 18.5 Å². The fraction of sp³-hybridized carbons (Fsp3) is 0.692. The van der Waals surface area contributed by atoms with Crippen LogP contribution in [0.1, 0.15) is 19.8 Å².